The lowest BCUT2D eigenvalue weighted by atomic mass is 9.97. The molecular formula is C19H26N2O5. The molecule has 1 N–H and O–H groups in total. The van der Waals surface area contributed by atoms with Crippen molar-refractivity contribution in [2.45, 2.75) is 38.6 Å². The maximum absolute atomic E-state index is 13.1. The highest BCUT2D eigenvalue weighted by molar-refractivity contribution is 5.98. The lowest BCUT2D eigenvalue weighted by Crippen LogP contribution is -2.45. The normalized spacial score (nSPS) is 16.7. The zero-order chi connectivity index (χ0) is 19.1. The van der Waals surface area contributed by atoms with E-state index in [0.717, 1.165) is 19.3 Å². The summed E-state index contributed by atoms with van der Waals surface area (Å²) in [5, 5.41) is 2.78. The number of hydrogen-bond donors (Lipinski definition) is 1. The molecule has 26 heavy (non-hydrogen) atoms. The summed E-state index contributed by atoms with van der Waals surface area (Å²) in [6.07, 6.45) is 3.61. The van der Waals surface area contributed by atoms with Crippen molar-refractivity contribution in [3.8, 4) is 5.75 Å². The van der Waals surface area contributed by atoms with E-state index in [4.69, 9.17) is 9.47 Å². The molecule has 2 amide bonds. The van der Waals surface area contributed by atoms with E-state index < -0.39 is 5.97 Å². The summed E-state index contributed by atoms with van der Waals surface area (Å²) in [7, 11) is 2.79. The van der Waals surface area contributed by atoms with Crippen LogP contribution in [0.1, 0.15) is 53.3 Å². The SMILES string of the molecule is COC(=O)c1cc(OC)cc(C(=O)N2CCCC[C@@H]2CCNC(C)=O)c1. The van der Waals surface area contributed by atoms with Crippen molar-refractivity contribution in [1.82, 2.24) is 10.2 Å². The third kappa shape index (κ3) is 4.97. The number of likely N-dealkylation sites (tertiary alicyclic amines) is 1. The van der Waals surface area contributed by atoms with Gasteiger partial charge < -0.3 is 19.7 Å². The summed E-state index contributed by atoms with van der Waals surface area (Å²) in [5.74, 6) is -0.294. The molecule has 7 heteroatoms. The van der Waals surface area contributed by atoms with E-state index in [1.807, 2.05) is 4.90 Å². The van der Waals surface area contributed by atoms with Gasteiger partial charge >= 0.3 is 5.97 Å². The maximum Gasteiger partial charge on any atom is 0.338 e. The molecule has 7 nitrogen and oxygen atoms in total. The number of carbonyl (C=O) groups is 3. The number of benzene rings is 1. The molecule has 2 rings (SSSR count). The van der Waals surface area contributed by atoms with Gasteiger partial charge in [-0.2, -0.15) is 0 Å². The van der Waals surface area contributed by atoms with Crippen LogP contribution in [0.2, 0.25) is 0 Å². The fourth-order valence-corrected chi connectivity index (χ4v) is 3.22. The van der Waals surface area contributed by atoms with E-state index in [1.165, 1.54) is 27.2 Å². The van der Waals surface area contributed by atoms with Crippen molar-refractivity contribution in [3.05, 3.63) is 29.3 Å². The largest absolute Gasteiger partial charge is 0.497 e. The van der Waals surface area contributed by atoms with Crippen LogP contribution in [0.25, 0.3) is 0 Å². The highest BCUT2D eigenvalue weighted by atomic mass is 16.5. The summed E-state index contributed by atoms with van der Waals surface area (Å²) in [4.78, 5) is 37.8. The van der Waals surface area contributed by atoms with Crippen molar-refractivity contribution in [2.75, 3.05) is 27.3 Å². The number of nitrogens with one attached hydrogen (secondary N) is 1. The molecule has 0 aromatic heterocycles. The Morgan fingerprint density at radius 1 is 1.15 bits per heavy atom. The Bertz CT molecular complexity index is 674. The van der Waals surface area contributed by atoms with Gasteiger partial charge in [0.1, 0.15) is 5.75 Å². The molecule has 1 atom stereocenters. The zero-order valence-corrected chi connectivity index (χ0v) is 15.5. The molecule has 1 saturated heterocycles. The quantitative estimate of drug-likeness (QED) is 0.783. The van der Waals surface area contributed by atoms with Gasteiger partial charge in [0.25, 0.3) is 5.91 Å². The van der Waals surface area contributed by atoms with Crippen LogP contribution in [0.3, 0.4) is 0 Å². The van der Waals surface area contributed by atoms with Gasteiger partial charge in [-0.15, -0.1) is 0 Å². The Morgan fingerprint density at radius 3 is 2.54 bits per heavy atom. The number of methoxy groups -OCH3 is 2. The van der Waals surface area contributed by atoms with Crippen LogP contribution in [0.15, 0.2) is 18.2 Å². The van der Waals surface area contributed by atoms with Gasteiger partial charge in [-0.05, 0) is 43.9 Å². The van der Waals surface area contributed by atoms with Gasteiger partial charge in [0, 0.05) is 31.6 Å². The number of carbonyl (C=O) groups excluding carboxylic acids is 3. The van der Waals surface area contributed by atoms with Crippen molar-refractivity contribution < 1.29 is 23.9 Å². The van der Waals surface area contributed by atoms with E-state index in [2.05, 4.69) is 5.32 Å². The summed E-state index contributed by atoms with van der Waals surface area (Å²) < 4.78 is 9.97. The van der Waals surface area contributed by atoms with E-state index in [0.29, 0.717) is 30.8 Å². The molecule has 142 valence electrons. The van der Waals surface area contributed by atoms with Crippen LogP contribution in [0, 0.1) is 0 Å². The summed E-state index contributed by atoms with van der Waals surface area (Å²) in [5.41, 5.74) is 0.679. The number of hydrogen-bond acceptors (Lipinski definition) is 5. The second-order valence-electron chi connectivity index (χ2n) is 6.36. The number of amides is 2. The van der Waals surface area contributed by atoms with Gasteiger partial charge in [0.05, 0.1) is 19.8 Å². The van der Waals surface area contributed by atoms with Crippen LogP contribution < -0.4 is 10.1 Å². The minimum Gasteiger partial charge on any atom is -0.497 e. The molecule has 1 aromatic rings. The summed E-state index contributed by atoms with van der Waals surface area (Å²) in [6.45, 7) is 2.68. The lowest BCUT2D eigenvalue weighted by Gasteiger charge is -2.36. The molecule has 1 aromatic carbocycles. The van der Waals surface area contributed by atoms with Gasteiger partial charge in [-0.3, -0.25) is 9.59 Å². The smallest absolute Gasteiger partial charge is 0.338 e. The fourth-order valence-electron chi connectivity index (χ4n) is 3.22. The van der Waals surface area contributed by atoms with E-state index in [-0.39, 0.29) is 23.4 Å². The molecule has 1 heterocycles. The molecule has 0 radical (unpaired) electrons. The monoisotopic (exact) mass is 362 g/mol. The average Bonchev–Trinajstić information content (AvgIpc) is 2.66. The van der Waals surface area contributed by atoms with Crippen molar-refractivity contribution >= 4 is 17.8 Å². The second-order valence-corrected chi connectivity index (χ2v) is 6.36. The summed E-state index contributed by atoms with van der Waals surface area (Å²) >= 11 is 0. The topological polar surface area (TPSA) is 84.9 Å². The molecule has 1 aliphatic rings. The van der Waals surface area contributed by atoms with Crippen LogP contribution in [0.4, 0.5) is 0 Å². The third-order valence-electron chi connectivity index (χ3n) is 4.55. The first kappa shape index (κ1) is 19.8. The van der Waals surface area contributed by atoms with E-state index >= 15 is 0 Å². The van der Waals surface area contributed by atoms with E-state index in [9.17, 15) is 14.4 Å². The number of piperidine rings is 1. The minimum atomic E-state index is -0.515. The number of ether oxygens (including phenoxy) is 2. The highest BCUT2D eigenvalue weighted by Gasteiger charge is 2.28. The molecule has 0 spiro atoms. The Balaban J connectivity index is 2.21. The number of nitrogens with zero attached hydrogens (tertiary/aromatic N) is 1. The van der Waals surface area contributed by atoms with Gasteiger partial charge in [0.2, 0.25) is 5.91 Å². The second kappa shape index (κ2) is 9.22. The Kier molecular flexibility index (Phi) is 7.00. The van der Waals surface area contributed by atoms with Gasteiger partial charge in [-0.1, -0.05) is 0 Å². The molecule has 0 saturated carbocycles. The predicted molar refractivity (Wildman–Crippen MR) is 96.3 cm³/mol. The molecule has 0 unspecified atom stereocenters. The standard InChI is InChI=1S/C19H26N2O5/c1-13(22)20-8-7-16-6-4-5-9-21(16)18(23)14-10-15(19(24)26-3)12-17(11-14)25-2/h10-12,16H,4-9H2,1-3H3,(H,20,22)/t16-/m1/s1. The lowest BCUT2D eigenvalue weighted by molar-refractivity contribution is -0.119. The number of rotatable bonds is 6. The van der Waals surface area contributed by atoms with Crippen molar-refractivity contribution in [1.29, 1.82) is 0 Å². The van der Waals surface area contributed by atoms with Crippen LogP contribution >= 0.6 is 0 Å². The molecule has 0 aliphatic carbocycles. The van der Waals surface area contributed by atoms with Gasteiger partial charge in [0.15, 0.2) is 0 Å². The molecule has 1 aliphatic heterocycles. The first-order chi connectivity index (χ1) is 12.5. The van der Waals surface area contributed by atoms with E-state index in [1.54, 1.807) is 12.1 Å². The van der Waals surface area contributed by atoms with Crippen LogP contribution in [-0.4, -0.2) is 56.0 Å². The fraction of sp³-hybridized carbons (Fsp3) is 0.526. The van der Waals surface area contributed by atoms with Crippen molar-refractivity contribution in [3.63, 3.8) is 0 Å². The Labute approximate surface area is 153 Å². The molecule has 1 fully saturated rings. The van der Waals surface area contributed by atoms with Crippen LogP contribution in [0.5, 0.6) is 5.75 Å². The maximum atomic E-state index is 13.1. The predicted octanol–water partition coefficient (Wildman–Crippen LogP) is 2.00. The molecule has 0 bridgehead atoms. The highest BCUT2D eigenvalue weighted by Crippen LogP contribution is 2.24. The first-order valence-electron chi connectivity index (χ1n) is 8.79. The Morgan fingerprint density at radius 2 is 1.88 bits per heavy atom. The summed E-state index contributed by atoms with van der Waals surface area (Å²) in [6, 6.07) is 4.79. The van der Waals surface area contributed by atoms with Gasteiger partial charge in [-0.25, -0.2) is 4.79 Å². The average molecular weight is 362 g/mol. The van der Waals surface area contributed by atoms with Crippen LogP contribution in [-0.2, 0) is 9.53 Å². The van der Waals surface area contributed by atoms with Crippen molar-refractivity contribution in [2.24, 2.45) is 0 Å². The third-order valence-corrected chi connectivity index (χ3v) is 4.55. The zero-order valence-electron chi connectivity index (χ0n) is 15.5. The Hall–Kier alpha value is -2.57. The number of esters is 1. The minimum absolute atomic E-state index is 0.0656. The molecular weight excluding hydrogens is 336 g/mol. The first-order valence-corrected chi connectivity index (χ1v) is 8.79.